The van der Waals surface area contributed by atoms with E-state index in [-0.39, 0.29) is 12.5 Å². The first-order chi connectivity index (χ1) is 14.0. The Hall–Kier alpha value is -2.40. The van der Waals surface area contributed by atoms with Crippen molar-refractivity contribution in [3.8, 4) is 6.07 Å². The van der Waals surface area contributed by atoms with Gasteiger partial charge in [-0.05, 0) is 44.1 Å². The van der Waals surface area contributed by atoms with Gasteiger partial charge in [-0.2, -0.15) is 5.26 Å². The summed E-state index contributed by atoms with van der Waals surface area (Å²) in [4.78, 5) is 40.2. The lowest BCUT2D eigenvalue weighted by atomic mass is 9.88. The Balaban J connectivity index is 1.74. The predicted octanol–water partition coefficient (Wildman–Crippen LogP) is 3.72. The van der Waals surface area contributed by atoms with Crippen molar-refractivity contribution in [1.82, 2.24) is 10.2 Å². The number of imide groups is 1. The lowest BCUT2D eigenvalue weighted by Gasteiger charge is -2.25. The number of carbonyl (C=O) groups excluding carboxylic acids is 3. The number of hydrogen-bond acceptors (Lipinski definition) is 5. The van der Waals surface area contributed by atoms with Gasteiger partial charge in [-0.25, -0.2) is 4.79 Å². The highest BCUT2D eigenvalue weighted by Crippen LogP contribution is 2.37. The van der Waals surface area contributed by atoms with Crippen molar-refractivity contribution < 1.29 is 14.4 Å². The van der Waals surface area contributed by atoms with Crippen LogP contribution < -0.4 is 10.6 Å². The Kier molecular flexibility index (Phi) is 6.58. The third-order valence-corrected chi connectivity index (χ3v) is 6.89. The molecule has 2 N–H and O–H groups in total. The Labute approximate surface area is 175 Å². The molecule has 0 saturated carbocycles. The molecule has 156 valence electrons. The van der Waals surface area contributed by atoms with Gasteiger partial charge in [0.15, 0.2) is 0 Å². The van der Waals surface area contributed by atoms with Crippen molar-refractivity contribution >= 4 is 34.2 Å². The molecule has 1 aliphatic carbocycles. The average molecular weight is 417 g/mol. The molecule has 1 aromatic rings. The summed E-state index contributed by atoms with van der Waals surface area (Å²) in [6.07, 6.45) is 7.70. The molecule has 0 bridgehead atoms. The van der Waals surface area contributed by atoms with Crippen molar-refractivity contribution in [2.45, 2.75) is 77.2 Å². The zero-order valence-electron chi connectivity index (χ0n) is 17.1. The Morgan fingerprint density at radius 1 is 1.21 bits per heavy atom. The first kappa shape index (κ1) is 21.3. The van der Waals surface area contributed by atoms with E-state index in [0.29, 0.717) is 23.4 Å². The first-order valence-corrected chi connectivity index (χ1v) is 11.3. The van der Waals surface area contributed by atoms with Crippen molar-refractivity contribution in [3.63, 3.8) is 0 Å². The van der Waals surface area contributed by atoms with Crippen LogP contribution in [-0.2, 0) is 22.4 Å². The summed E-state index contributed by atoms with van der Waals surface area (Å²) in [6, 6.07) is 1.71. The van der Waals surface area contributed by atoms with Crippen LogP contribution in [0.5, 0.6) is 0 Å². The number of amides is 4. The molecule has 0 spiro atoms. The van der Waals surface area contributed by atoms with Crippen LogP contribution in [0.1, 0.15) is 74.8 Å². The quantitative estimate of drug-likeness (QED) is 0.522. The van der Waals surface area contributed by atoms with Gasteiger partial charge in [0, 0.05) is 4.88 Å². The minimum Gasteiger partial charge on any atom is -0.323 e. The van der Waals surface area contributed by atoms with Gasteiger partial charge < -0.3 is 10.6 Å². The van der Waals surface area contributed by atoms with Crippen LogP contribution in [0.2, 0.25) is 0 Å². The van der Waals surface area contributed by atoms with Gasteiger partial charge >= 0.3 is 6.03 Å². The molecule has 2 aliphatic rings. The number of nitriles is 1. The molecule has 1 aliphatic heterocycles. The predicted molar refractivity (Wildman–Crippen MR) is 112 cm³/mol. The van der Waals surface area contributed by atoms with Crippen molar-refractivity contribution in [3.05, 3.63) is 16.0 Å². The number of anilines is 1. The molecule has 1 saturated heterocycles. The minimum absolute atomic E-state index is 0.330. The summed E-state index contributed by atoms with van der Waals surface area (Å²) in [7, 11) is 0. The molecule has 4 amide bonds. The number of nitrogens with one attached hydrogen (secondary N) is 2. The molecule has 29 heavy (non-hydrogen) atoms. The molecular formula is C21H28N4O3S. The van der Waals surface area contributed by atoms with Crippen LogP contribution in [-0.4, -0.2) is 34.8 Å². The molecule has 2 heterocycles. The minimum atomic E-state index is -0.904. The molecular weight excluding hydrogens is 388 g/mol. The number of thiophene rings is 1. The van der Waals surface area contributed by atoms with E-state index in [4.69, 9.17) is 0 Å². The number of rotatable bonds is 7. The summed E-state index contributed by atoms with van der Waals surface area (Å²) in [5, 5.41) is 15.7. The maximum Gasteiger partial charge on any atom is 0.325 e. The zero-order valence-corrected chi connectivity index (χ0v) is 17.9. The van der Waals surface area contributed by atoms with Gasteiger partial charge in [-0.3, -0.25) is 14.5 Å². The number of urea groups is 1. The van der Waals surface area contributed by atoms with E-state index in [1.807, 2.05) is 13.8 Å². The zero-order chi connectivity index (χ0) is 21.0. The van der Waals surface area contributed by atoms with Crippen LogP contribution in [0, 0.1) is 11.3 Å². The topological polar surface area (TPSA) is 102 Å². The van der Waals surface area contributed by atoms with Crippen LogP contribution >= 0.6 is 11.3 Å². The Morgan fingerprint density at radius 2 is 1.90 bits per heavy atom. The number of nitrogens with zero attached hydrogens (tertiary/aromatic N) is 2. The van der Waals surface area contributed by atoms with Crippen molar-refractivity contribution in [2.24, 2.45) is 0 Å². The van der Waals surface area contributed by atoms with E-state index in [2.05, 4.69) is 16.7 Å². The Bertz CT molecular complexity index is 849. The second-order valence-electron chi connectivity index (χ2n) is 7.83. The van der Waals surface area contributed by atoms with Gasteiger partial charge in [0.05, 0.1) is 5.56 Å². The first-order valence-electron chi connectivity index (χ1n) is 10.4. The fraction of sp³-hybridized carbons (Fsp3) is 0.619. The summed E-state index contributed by atoms with van der Waals surface area (Å²) in [5.74, 6) is -0.783. The largest absolute Gasteiger partial charge is 0.325 e. The van der Waals surface area contributed by atoms with Crippen LogP contribution in [0.3, 0.4) is 0 Å². The smallest absolute Gasteiger partial charge is 0.323 e. The van der Waals surface area contributed by atoms with E-state index in [1.165, 1.54) is 11.3 Å². The van der Waals surface area contributed by atoms with Gasteiger partial charge in [0.1, 0.15) is 23.2 Å². The molecule has 0 atom stereocenters. The third kappa shape index (κ3) is 4.15. The molecule has 0 aromatic carbocycles. The van der Waals surface area contributed by atoms with E-state index in [9.17, 15) is 19.6 Å². The lowest BCUT2D eigenvalue weighted by Crippen LogP contribution is -2.47. The van der Waals surface area contributed by atoms with Gasteiger partial charge in [-0.15, -0.1) is 11.3 Å². The van der Waals surface area contributed by atoms with E-state index in [0.717, 1.165) is 60.3 Å². The summed E-state index contributed by atoms with van der Waals surface area (Å²) in [6.45, 7) is 3.60. The van der Waals surface area contributed by atoms with E-state index < -0.39 is 17.5 Å². The molecule has 0 unspecified atom stereocenters. The van der Waals surface area contributed by atoms with Gasteiger partial charge in [0.2, 0.25) is 5.91 Å². The van der Waals surface area contributed by atoms with Crippen LogP contribution in [0.25, 0.3) is 0 Å². The number of aryl methyl sites for hydroxylation is 1. The monoisotopic (exact) mass is 416 g/mol. The second kappa shape index (κ2) is 8.95. The highest BCUT2D eigenvalue weighted by Gasteiger charge is 2.50. The summed E-state index contributed by atoms with van der Waals surface area (Å²) < 4.78 is 0. The maximum atomic E-state index is 12.9. The summed E-state index contributed by atoms with van der Waals surface area (Å²) >= 11 is 1.45. The van der Waals surface area contributed by atoms with Crippen molar-refractivity contribution in [1.29, 1.82) is 5.26 Å². The SMILES string of the molecule is CCCC1(CCC)NC(=O)N(CC(=O)Nc2sc3c(c2C#N)CCCCC3)C1=O. The fourth-order valence-corrected chi connectivity index (χ4v) is 5.65. The highest BCUT2D eigenvalue weighted by atomic mass is 32.1. The third-order valence-electron chi connectivity index (χ3n) is 5.69. The molecule has 7 nitrogen and oxygen atoms in total. The van der Waals surface area contributed by atoms with Gasteiger partial charge in [-0.1, -0.05) is 33.1 Å². The molecule has 0 radical (unpaired) electrons. The molecule has 8 heteroatoms. The average Bonchev–Trinajstić information content (AvgIpc) is 2.98. The number of fused-ring (bicyclic) bond motifs is 1. The number of carbonyl (C=O) groups is 3. The molecule has 1 fully saturated rings. The highest BCUT2D eigenvalue weighted by molar-refractivity contribution is 7.16. The number of hydrogen-bond donors (Lipinski definition) is 2. The Morgan fingerprint density at radius 3 is 2.55 bits per heavy atom. The van der Waals surface area contributed by atoms with Crippen molar-refractivity contribution in [2.75, 3.05) is 11.9 Å². The molecule has 1 aromatic heterocycles. The van der Waals surface area contributed by atoms with E-state index in [1.54, 1.807) is 0 Å². The van der Waals surface area contributed by atoms with Crippen LogP contribution in [0.4, 0.5) is 9.80 Å². The van der Waals surface area contributed by atoms with Crippen LogP contribution in [0.15, 0.2) is 0 Å². The van der Waals surface area contributed by atoms with Gasteiger partial charge in [0.25, 0.3) is 5.91 Å². The normalized spacial score (nSPS) is 18.0. The summed E-state index contributed by atoms with van der Waals surface area (Å²) in [5.41, 5.74) is 0.674. The molecule has 3 rings (SSSR count). The lowest BCUT2D eigenvalue weighted by molar-refractivity contribution is -0.134. The standard InChI is InChI=1S/C21H28N4O3S/c1-3-10-21(11-4-2)19(27)25(20(28)24-21)13-17(26)23-18-15(12-22)14-8-6-5-7-9-16(14)29-18/h3-11,13H2,1-2H3,(H,23,26)(H,24,28). The maximum absolute atomic E-state index is 12.9. The fourth-order valence-electron chi connectivity index (χ4n) is 4.40. The second-order valence-corrected chi connectivity index (χ2v) is 8.94. The van der Waals surface area contributed by atoms with E-state index >= 15 is 0 Å².